The van der Waals surface area contributed by atoms with Gasteiger partial charge in [-0.25, -0.2) is 13.4 Å². The highest BCUT2D eigenvalue weighted by Gasteiger charge is 2.32. The second kappa shape index (κ2) is 8.92. The van der Waals surface area contributed by atoms with Gasteiger partial charge in [0.15, 0.2) is 0 Å². The number of hydrogen-bond acceptors (Lipinski definition) is 5. The van der Waals surface area contributed by atoms with Crippen molar-refractivity contribution in [1.82, 2.24) is 19.2 Å². The van der Waals surface area contributed by atoms with Gasteiger partial charge in [-0.05, 0) is 25.3 Å². The van der Waals surface area contributed by atoms with E-state index in [1.165, 1.54) is 4.31 Å². The highest BCUT2D eigenvalue weighted by atomic mass is 32.2. The Morgan fingerprint density at radius 1 is 1.23 bits per heavy atom. The van der Waals surface area contributed by atoms with Crippen molar-refractivity contribution < 1.29 is 13.2 Å². The number of fused-ring (bicyclic) bond motifs is 1. The molecule has 0 spiro atoms. The first-order valence-electron chi connectivity index (χ1n) is 10.8. The molecule has 1 aromatic heterocycles. The summed E-state index contributed by atoms with van der Waals surface area (Å²) in [6, 6.07) is 9.95. The molecule has 1 fully saturated rings. The van der Waals surface area contributed by atoms with Gasteiger partial charge in [-0.1, -0.05) is 30.3 Å². The largest absolute Gasteiger partial charge is 0.342 e. The van der Waals surface area contributed by atoms with Crippen LogP contribution in [-0.4, -0.2) is 58.9 Å². The molecule has 2 aromatic rings. The molecule has 2 aliphatic heterocycles. The molecule has 1 atom stereocenters. The molecule has 8 nitrogen and oxygen atoms in total. The molecule has 9 heteroatoms. The van der Waals surface area contributed by atoms with Crippen LogP contribution in [0.1, 0.15) is 48.3 Å². The second-order valence-corrected chi connectivity index (χ2v) is 10.4. The van der Waals surface area contributed by atoms with E-state index in [9.17, 15) is 18.0 Å². The molecular formula is C22H28N4O4S. The summed E-state index contributed by atoms with van der Waals surface area (Å²) >= 11 is 0. The van der Waals surface area contributed by atoms with Crippen molar-refractivity contribution in [2.45, 2.75) is 45.1 Å². The number of sulfonamides is 1. The number of carbonyl (C=O) groups excluding carboxylic acids is 1. The maximum absolute atomic E-state index is 12.7. The third kappa shape index (κ3) is 4.72. The lowest BCUT2D eigenvalue weighted by atomic mass is 10.1. The zero-order chi connectivity index (χ0) is 22.0. The predicted molar refractivity (Wildman–Crippen MR) is 117 cm³/mol. The fourth-order valence-electron chi connectivity index (χ4n) is 4.30. The topological polar surface area (TPSA) is 103 Å². The Bertz CT molecular complexity index is 1110. The van der Waals surface area contributed by atoms with Gasteiger partial charge in [0.1, 0.15) is 5.82 Å². The maximum atomic E-state index is 12.7. The van der Waals surface area contributed by atoms with Crippen molar-refractivity contribution in [2.75, 3.05) is 25.4 Å². The van der Waals surface area contributed by atoms with Crippen LogP contribution in [0.4, 0.5) is 0 Å². The minimum atomic E-state index is -3.34. The van der Waals surface area contributed by atoms with Crippen LogP contribution in [0.3, 0.4) is 0 Å². The third-order valence-electron chi connectivity index (χ3n) is 6.21. The van der Waals surface area contributed by atoms with Gasteiger partial charge in [-0.15, -0.1) is 0 Å². The number of hydrogen-bond donors (Lipinski definition) is 1. The summed E-state index contributed by atoms with van der Waals surface area (Å²) in [7, 11) is -3.34. The number of nitrogens with zero attached hydrogens (tertiary/aromatic N) is 3. The Hall–Kier alpha value is -2.52. The Balaban J connectivity index is 1.41. The maximum Gasteiger partial charge on any atom is 0.255 e. The van der Waals surface area contributed by atoms with Crippen LogP contribution in [0.2, 0.25) is 0 Å². The number of aromatic amines is 1. The van der Waals surface area contributed by atoms with E-state index in [-0.39, 0.29) is 29.7 Å². The number of aryl methyl sites for hydroxylation is 1. The fourth-order valence-corrected chi connectivity index (χ4v) is 5.36. The summed E-state index contributed by atoms with van der Waals surface area (Å²) < 4.78 is 25.7. The SMILES string of the molecule is CCS(=O)(=O)N1CCc2nc([C@H]3CCN(C(=O)CCc4ccccc4)C3)[nH]c(=O)c2C1. The van der Waals surface area contributed by atoms with Crippen molar-refractivity contribution in [3.63, 3.8) is 0 Å². The quantitative estimate of drug-likeness (QED) is 0.726. The standard InChI is InChI=1S/C22H28N4O4S/c1-2-31(29,30)26-13-11-19-18(15-26)22(28)24-21(23-19)17-10-12-25(14-17)20(27)9-8-16-6-4-3-5-7-16/h3-7,17H,2,8-15H2,1H3,(H,23,24,28)/t17-/m0/s1. The molecule has 1 saturated heterocycles. The highest BCUT2D eigenvalue weighted by Crippen LogP contribution is 2.26. The van der Waals surface area contributed by atoms with Gasteiger partial charge in [0.25, 0.3) is 5.56 Å². The van der Waals surface area contributed by atoms with E-state index in [1.54, 1.807) is 6.92 Å². The van der Waals surface area contributed by atoms with Crippen LogP contribution in [-0.2, 0) is 34.2 Å². The van der Waals surface area contributed by atoms with E-state index in [0.717, 1.165) is 12.0 Å². The molecule has 2 aliphatic rings. The van der Waals surface area contributed by atoms with Crippen LogP contribution in [0.25, 0.3) is 0 Å². The minimum absolute atomic E-state index is 0.00363. The molecule has 0 bridgehead atoms. The second-order valence-electron chi connectivity index (χ2n) is 8.17. The summed E-state index contributed by atoms with van der Waals surface area (Å²) in [5, 5.41) is 0. The molecule has 31 heavy (non-hydrogen) atoms. The smallest absolute Gasteiger partial charge is 0.255 e. The third-order valence-corrected chi connectivity index (χ3v) is 8.04. The molecule has 1 amide bonds. The first-order valence-corrected chi connectivity index (χ1v) is 12.4. The number of H-pyrrole nitrogens is 1. The summed E-state index contributed by atoms with van der Waals surface area (Å²) in [5.41, 5.74) is 1.98. The van der Waals surface area contributed by atoms with Crippen molar-refractivity contribution in [1.29, 1.82) is 0 Å². The lowest BCUT2D eigenvalue weighted by molar-refractivity contribution is -0.130. The predicted octanol–water partition coefficient (Wildman–Crippen LogP) is 1.43. The lowest BCUT2D eigenvalue weighted by Gasteiger charge is -2.27. The first kappa shape index (κ1) is 21.7. The van der Waals surface area contributed by atoms with E-state index in [1.807, 2.05) is 35.2 Å². The molecule has 0 saturated carbocycles. The number of nitrogens with one attached hydrogen (secondary N) is 1. The van der Waals surface area contributed by atoms with Gasteiger partial charge in [0.2, 0.25) is 15.9 Å². The average molecular weight is 445 g/mol. The summed E-state index contributed by atoms with van der Waals surface area (Å²) in [4.78, 5) is 34.7. The van der Waals surface area contributed by atoms with Crippen LogP contribution in [0, 0.1) is 0 Å². The van der Waals surface area contributed by atoms with E-state index < -0.39 is 10.0 Å². The molecule has 166 valence electrons. The zero-order valence-corrected chi connectivity index (χ0v) is 18.5. The molecular weight excluding hydrogens is 416 g/mol. The van der Waals surface area contributed by atoms with Gasteiger partial charge in [0.05, 0.1) is 17.0 Å². The summed E-state index contributed by atoms with van der Waals surface area (Å²) in [6.45, 7) is 3.22. The number of rotatable bonds is 6. The Morgan fingerprint density at radius 2 is 2.00 bits per heavy atom. The number of amides is 1. The van der Waals surface area contributed by atoms with Gasteiger partial charge in [0, 0.05) is 44.9 Å². The lowest BCUT2D eigenvalue weighted by Crippen LogP contribution is -2.40. The highest BCUT2D eigenvalue weighted by molar-refractivity contribution is 7.89. The zero-order valence-electron chi connectivity index (χ0n) is 17.7. The molecule has 0 aliphatic carbocycles. The number of carbonyl (C=O) groups is 1. The van der Waals surface area contributed by atoms with Crippen LogP contribution in [0.15, 0.2) is 35.1 Å². The van der Waals surface area contributed by atoms with E-state index in [2.05, 4.69) is 9.97 Å². The Kier molecular flexibility index (Phi) is 6.24. The molecule has 1 aromatic carbocycles. The van der Waals surface area contributed by atoms with Crippen LogP contribution < -0.4 is 5.56 Å². The number of aromatic nitrogens is 2. The van der Waals surface area contributed by atoms with Crippen LogP contribution >= 0.6 is 0 Å². The normalized spacial score (nSPS) is 19.4. The van der Waals surface area contributed by atoms with Gasteiger partial charge in [-0.3, -0.25) is 9.59 Å². The fraction of sp³-hybridized carbons (Fsp3) is 0.500. The number of likely N-dealkylation sites (tertiary alicyclic amines) is 1. The monoisotopic (exact) mass is 444 g/mol. The number of benzene rings is 1. The van der Waals surface area contributed by atoms with Crippen LogP contribution in [0.5, 0.6) is 0 Å². The first-order chi connectivity index (χ1) is 14.9. The molecule has 4 rings (SSSR count). The molecule has 0 radical (unpaired) electrons. The molecule has 3 heterocycles. The summed E-state index contributed by atoms with van der Waals surface area (Å²) in [6.07, 6.45) is 2.37. The minimum Gasteiger partial charge on any atom is -0.342 e. The molecule has 1 N–H and O–H groups in total. The van der Waals surface area contributed by atoms with Crippen molar-refractivity contribution >= 4 is 15.9 Å². The summed E-state index contributed by atoms with van der Waals surface area (Å²) in [5.74, 6) is 0.735. The van der Waals surface area contributed by atoms with E-state index >= 15 is 0 Å². The van der Waals surface area contributed by atoms with E-state index in [4.69, 9.17) is 0 Å². The Morgan fingerprint density at radius 3 is 2.74 bits per heavy atom. The van der Waals surface area contributed by atoms with Crippen molar-refractivity contribution in [3.05, 3.63) is 63.3 Å². The molecule has 0 unspecified atom stereocenters. The average Bonchev–Trinajstić information content (AvgIpc) is 3.28. The van der Waals surface area contributed by atoms with E-state index in [0.29, 0.717) is 56.0 Å². The van der Waals surface area contributed by atoms with Gasteiger partial charge >= 0.3 is 0 Å². The van der Waals surface area contributed by atoms with Gasteiger partial charge < -0.3 is 9.88 Å². The van der Waals surface area contributed by atoms with Crippen molar-refractivity contribution in [2.24, 2.45) is 0 Å². The van der Waals surface area contributed by atoms with Crippen molar-refractivity contribution in [3.8, 4) is 0 Å². The Labute approximate surface area is 182 Å². The van der Waals surface area contributed by atoms with Gasteiger partial charge in [-0.2, -0.15) is 4.31 Å².